The first-order chi connectivity index (χ1) is 21.5. The summed E-state index contributed by atoms with van der Waals surface area (Å²) in [6, 6.07) is 36.8. The first-order valence-corrected chi connectivity index (χ1v) is 15.0. The van der Waals surface area contributed by atoms with Gasteiger partial charge >= 0.3 is 5.97 Å². The summed E-state index contributed by atoms with van der Waals surface area (Å²) >= 11 is 0. The number of fused-ring (bicyclic) bond motifs is 1. The van der Waals surface area contributed by atoms with Gasteiger partial charge < -0.3 is 19.9 Å². The van der Waals surface area contributed by atoms with Crippen molar-refractivity contribution in [3.8, 4) is 0 Å². The molecule has 0 aliphatic heterocycles. The van der Waals surface area contributed by atoms with Crippen molar-refractivity contribution in [2.45, 2.75) is 31.8 Å². The van der Waals surface area contributed by atoms with Crippen LogP contribution in [0.15, 0.2) is 121 Å². The van der Waals surface area contributed by atoms with Crippen molar-refractivity contribution in [2.24, 2.45) is 0 Å². The summed E-state index contributed by atoms with van der Waals surface area (Å²) in [5, 5.41) is 7.20. The number of amides is 1. The highest BCUT2D eigenvalue weighted by Crippen LogP contribution is 2.30. The SMILES string of the molecule is CCOC(=O)Cn1cc(C(=O)NCCNC(CC(c2ccccc2)c2ccccc2)C(=O)c2ccccc2)c2ccccc21. The fourth-order valence-corrected chi connectivity index (χ4v) is 5.58. The number of carbonyl (C=O) groups excluding carboxylic acids is 3. The van der Waals surface area contributed by atoms with Crippen molar-refractivity contribution >= 4 is 28.6 Å². The van der Waals surface area contributed by atoms with E-state index in [9.17, 15) is 14.4 Å². The summed E-state index contributed by atoms with van der Waals surface area (Å²) in [5.41, 5.74) is 4.18. The predicted molar refractivity (Wildman–Crippen MR) is 173 cm³/mol. The molecule has 0 aliphatic rings. The molecule has 1 heterocycles. The number of esters is 1. The molecule has 0 saturated carbocycles. The Morgan fingerprint density at radius 1 is 0.750 bits per heavy atom. The van der Waals surface area contributed by atoms with Gasteiger partial charge in [0, 0.05) is 41.7 Å². The quantitative estimate of drug-likeness (QED) is 0.0946. The third-order valence-corrected chi connectivity index (χ3v) is 7.69. The minimum Gasteiger partial charge on any atom is -0.465 e. The number of rotatable bonds is 14. The van der Waals surface area contributed by atoms with Crippen LogP contribution in [0.3, 0.4) is 0 Å². The summed E-state index contributed by atoms with van der Waals surface area (Å²) in [5.74, 6) is -0.593. The van der Waals surface area contributed by atoms with Crippen LogP contribution >= 0.6 is 0 Å². The lowest BCUT2D eigenvalue weighted by Crippen LogP contribution is -2.42. The third kappa shape index (κ3) is 7.49. The Hall–Kier alpha value is -5.01. The van der Waals surface area contributed by atoms with Gasteiger partial charge in [-0.3, -0.25) is 14.4 Å². The highest BCUT2D eigenvalue weighted by molar-refractivity contribution is 6.07. The Morgan fingerprint density at radius 2 is 1.34 bits per heavy atom. The zero-order valence-electron chi connectivity index (χ0n) is 24.8. The lowest BCUT2D eigenvalue weighted by molar-refractivity contribution is -0.143. The fraction of sp³-hybridized carbons (Fsp3) is 0.216. The van der Waals surface area contributed by atoms with Crippen LogP contribution in [0, 0.1) is 0 Å². The van der Waals surface area contributed by atoms with E-state index >= 15 is 0 Å². The number of hydrogen-bond acceptors (Lipinski definition) is 5. The molecule has 7 heteroatoms. The Labute approximate surface area is 257 Å². The van der Waals surface area contributed by atoms with Gasteiger partial charge in [0.15, 0.2) is 5.78 Å². The Bertz CT molecular complexity index is 1640. The van der Waals surface area contributed by atoms with Crippen molar-refractivity contribution in [1.82, 2.24) is 15.2 Å². The number of Topliss-reactive ketones (excluding diaryl/α,β-unsaturated/α-hetero) is 1. The van der Waals surface area contributed by atoms with Crippen molar-refractivity contribution in [3.05, 3.63) is 144 Å². The van der Waals surface area contributed by atoms with Gasteiger partial charge in [-0.25, -0.2) is 0 Å². The molecule has 0 bridgehead atoms. The molecular formula is C37H37N3O4. The van der Waals surface area contributed by atoms with E-state index in [0.717, 1.165) is 22.0 Å². The van der Waals surface area contributed by atoms with E-state index in [1.807, 2.05) is 91.0 Å². The van der Waals surface area contributed by atoms with E-state index in [-0.39, 0.29) is 30.1 Å². The molecule has 224 valence electrons. The van der Waals surface area contributed by atoms with Crippen LogP contribution in [-0.4, -0.2) is 48.0 Å². The number of carbonyl (C=O) groups is 3. The minimum absolute atomic E-state index is 0.00248. The van der Waals surface area contributed by atoms with Gasteiger partial charge in [0.05, 0.1) is 18.2 Å². The van der Waals surface area contributed by atoms with Crippen molar-refractivity contribution in [2.75, 3.05) is 19.7 Å². The molecule has 4 aromatic carbocycles. The molecule has 44 heavy (non-hydrogen) atoms. The van der Waals surface area contributed by atoms with Gasteiger partial charge in [0.25, 0.3) is 5.91 Å². The second kappa shape index (κ2) is 14.9. The number of nitrogens with one attached hydrogen (secondary N) is 2. The van der Waals surface area contributed by atoms with Crippen molar-refractivity contribution in [1.29, 1.82) is 0 Å². The summed E-state index contributed by atoms with van der Waals surface area (Å²) < 4.78 is 6.84. The molecule has 0 radical (unpaired) electrons. The maximum atomic E-state index is 13.8. The van der Waals surface area contributed by atoms with Crippen LogP contribution in [0.5, 0.6) is 0 Å². The van der Waals surface area contributed by atoms with E-state index in [1.165, 1.54) is 0 Å². The zero-order chi connectivity index (χ0) is 30.7. The molecule has 1 unspecified atom stereocenters. The van der Waals surface area contributed by atoms with Crippen molar-refractivity contribution in [3.63, 3.8) is 0 Å². The smallest absolute Gasteiger partial charge is 0.325 e. The topological polar surface area (TPSA) is 89.4 Å². The standard InChI is InChI=1S/C37H37N3O4/c1-2-44-35(41)26-40-25-32(30-20-12-13-21-34(30)40)37(43)39-23-22-38-33(36(42)29-18-10-5-11-19-29)24-31(27-14-6-3-7-15-27)28-16-8-4-9-17-28/h3-21,25,31,33,38H,2,22-24,26H2,1H3,(H,39,43). The van der Waals surface area contributed by atoms with Gasteiger partial charge in [-0.05, 0) is 30.5 Å². The van der Waals surface area contributed by atoms with E-state index in [1.54, 1.807) is 17.7 Å². The fourth-order valence-electron chi connectivity index (χ4n) is 5.58. The van der Waals surface area contributed by atoms with E-state index in [4.69, 9.17) is 4.74 Å². The summed E-state index contributed by atoms with van der Waals surface area (Å²) in [7, 11) is 0. The first kappa shape index (κ1) is 30.4. The zero-order valence-corrected chi connectivity index (χ0v) is 24.8. The maximum absolute atomic E-state index is 13.8. The second-order valence-corrected chi connectivity index (χ2v) is 10.6. The molecule has 5 rings (SSSR count). The average Bonchev–Trinajstić information content (AvgIpc) is 3.43. The molecule has 7 nitrogen and oxygen atoms in total. The highest BCUT2D eigenvalue weighted by Gasteiger charge is 2.26. The normalized spacial score (nSPS) is 11.8. The molecule has 0 fully saturated rings. The van der Waals surface area contributed by atoms with Gasteiger partial charge in [-0.1, -0.05) is 109 Å². The summed E-state index contributed by atoms with van der Waals surface area (Å²) in [6.45, 7) is 2.79. The lowest BCUT2D eigenvalue weighted by atomic mass is 9.84. The molecule has 1 amide bonds. The average molecular weight is 588 g/mol. The number of ketones is 1. The Morgan fingerprint density at radius 3 is 1.98 bits per heavy atom. The van der Waals surface area contributed by atoms with Crippen molar-refractivity contribution < 1.29 is 19.1 Å². The molecule has 0 aliphatic carbocycles. The number of para-hydroxylation sites is 1. The van der Waals surface area contributed by atoms with Crippen LogP contribution < -0.4 is 10.6 Å². The first-order valence-electron chi connectivity index (χ1n) is 15.0. The Kier molecular flexibility index (Phi) is 10.3. The van der Waals surface area contributed by atoms with E-state index in [2.05, 4.69) is 34.9 Å². The molecule has 0 spiro atoms. The molecule has 2 N–H and O–H groups in total. The molecule has 1 atom stereocenters. The monoisotopic (exact) mass is 587 g/mol. The van der Waals surface area contributed by atoms with E-state index < -0.39 is 6.04 Å². The largest absolute Gasteiger partial charge is 0.465 e. The minimum atomic E-state index is -0.480. The van der Waals surface area contributed by atoms with Crippen LogP contribution in [0.1, 0.15) is 51.1 Å². The van der Waals surface area contributed by atoms with Gasteiger partial charge in [0.2, 0.25) is 0 Å². The number of benzene rings is 4. The van der Waals surface area contributed by atoms with Gasteiger partial charge in [0.1, 0.15) is 6.54 Å². The van der Waals surface area contributed by atoms with Gasteiger partial charge in [-0.2, -0.15) is 0 Å². The molecule has 0 saturated heterocycles. The predicted octanol–water partition coefficient (Wildman–Crippen LogP) is 6.00. The highest BCUT2D eigenvalue weighted by atomic mass is 16.5. The number of aromatic nitrogens is 1. The molecular weight excluding hydrogens is 550 g/mol. The summed E-state index contributed by atoms with van der Waals surface area (Å²) in [4.78, 5) is 39.2. The number of nitrogens with zero attached hydrogens (tertiary/aromatic N) is 1. The Balaban J connectivity index is 1.31. The summed E-state index contributed by atoms with van der Waals surface area (Å²) in [6.07, 6.45) is 2.24. The molecule has 5 aromatic rings. The van der Waals surface area contributed by atoms with Crippen LogP contribution in [-0.2, 0) is 16.1 Å². The number of ether oxygens (including phenoxy) is 1. The maximum Gasteiger partial charge on any atom is 0.325 e. The lowest BCUT2D eigenvalue weighted by Gasteiger charge is -2.25. The second-order valence-electron chi connectivity index (χ2n) is 10.6. The third-order valence-electron chi connectivity index (χ3n) is 7.69. The van der Waals surface area contributed by atoms with Crippen LogP contribution in [0.25, 0.3) is 10.9 Å². The molecule has 1 aromatic heterocycles. The van der Waals surface area contributed by atoms with E-state index in [0.29, 0.717) is 37.2 Å². The number of hydrogen-bond donors (Lipinski definition) is 2. The van der Waals surface area contributed by atoms with Crippen LogP contribution in [0.4, 0.5) is 0 Å². The van der Waals surface area contributed by atoms with Crippen LogP contribution in [0.2, 0.25) is 0 Å². The van der Waals surface area contributed by atoms with Gasteiger partial charge in [-0.15, -0.1) is 0 Å².